The Hall–Kier alpha value is -3.32. The maximum atomic E-state index is 14.3. The van der Waals surface area contributed by atoms with Gasteiger partial charge in [0.15, 0.2) is 0 Å². The number of amides is 1. The number of anilines is 1. The van der Waals surface area contributed by atoms with Gasteiger partial charge in [0.25, 0.3) is 15.9 Å². The number of carbonyl (C=O) groups excluding carboxylic acids is 1. The standard InChI is InChI=1S/C36H50N2O4S/c1-9-11-18-38(19-12-10-2)36(40)33-23-29(22-32(34(33)39)27-16-14-13-15-17-27)37-43(41,42)35-30(25(5)6)20-28(24(3)4)21-31(35)26(7)8/h13-17,20-26,37,39H,9-12,18-19H2,1-8H3. The monoisotopic (exact) mass is 606 g/mol. The third-order valence-corrected chi connectivity index (χ3v) is 9.39. The Morgan fingerprint density at radius 1 is 0.814 bits per heavy atom. The fraction of sp³-hybridized carbons (Fsp3) is 0.472. The number of nitrogens with zero attached hydrogens (tertiary/aromatic N) is 1. The van der Waals surface area contributed by atoms with E-state index in [1.54, 1.807) is 11.0 Å². The Morgan fingerprint density at radius 2 is 1.35 bits per heavy atom. The van der Waals surface area contributed by atoms with Gasteiger partial charge in [0.2, 0.25) is 0 Å². The van der Waals surface area contributed by atoms with Crippen LogP contribution in [-0.4, -0.2) is 37.4 Å². The van der Waals surface area contributed by atoms with E-state index in [1.165, 1.54) is 6.07 Å². The maximum absolute atomic E-state index is 14.3. The third-order valence-electron chi connectivity index (χ3n) is 7.88. The number of aromatic hydroxyl groups is 1. The van der Waals surface area contributed by atoms with Gasteiger partial charge in [-0.15, -0.1) is 0 Å². The van der Waals surface area contributed by atoms with Crippen molar-refractivity contribution in [2.75, 3.05) is 17.8 Å². The van der Waals surface area contributed by atoms with Gasteiger partial charge < -0.3 is 10.0 Å². The summed E-state index contributed by atoms with van der Waals surface area (Å²) in [7, 11) is -4.07. The maximum Gasteiger partial charge on any atom is 0.262 e. The topological polar surface area (TPSA) is 86.7 Å². The van der Waals surface area contributed by atoms with Crippen LogP contribution < -0.4 is 4.72 Å². The van der Waals surface area contributed by atoms with Crippen LogP contribution in [0.3, 0.4) is 0 Å². The van der Waals surface area contributed by atoms with Crippen LogP contribution in [0.1, 0.15) is 126 Å². The van der Waals surface area contributed by atoms with Crippen LogP contribution in [0.15, 0.2) is 59.5 Å². The molecule has 0 aliphatic heterocycles. The second kappa shape index (κ2) is 14.9. The highest BCUT2D eigenvalue weighted by Crippen LogP contribution is 2.39. The van der Waals surface area contributed by atoms with Crippen LogP contribution in [0.4, 0.5) is 5.69 Å². The Labute approximate surface area is 259 Å². The number of rotatable bonds is 14. The lowest BCUT2D eigenvalue weighted by molar-refractivity contribution is 0.0748. The van der Waals surface area contributed by atoms with Gasteiger partial charge in [0, 0.05) is 18.7 Å². The SMILES string of the molecule is CCCCN(CCCC)C(=O)c1cc(NS(=O)(=O)c2c(C(C)C)cc(C(C)C)cc2C(C)C)cc(-c2ccccc2)c1O. The van der Waals surface area contributed by atoms with E-state index in [9.17, 15) is 18.3 Å². The summed E-state index contributed by atoms with van der Waals surface area (Å²) in [6.07, 6.45) is 3.55. The Bertz CT molecular complexity index is 1460. The van der Waals surface area contributed by atoms with Crippen molar-refractivity contribution in [1.82, 2.24) is 4.90 Å². The van der Waals surface area contributed by atoms with Gasteiger partial charge in [-0.05, 0) is 65.0 Å². The molecule has 0 atom stereocenters. The average molecular weight is 607 g/mol. The summed E-state index contributed by atoms with van der Waals surface area (Å²) in [5.74, 6) is -0.244. The Kier molecular flexibility index (Phi) is 11.9. The van der Waals surface area contributed by atoms with Gasteiger partial charge in [0.05, 0.1) is 16.1 Å². The van der Waals surface area contributed by atoms with E-state index in [2.05, 4.69) is 32.4 Å². The molecule has 2 N–H and O–H groups in total. The summed E-state index contributed by atoms with van der Waals surface area (Å²) in [6.45, 7) is 17.6. The number of carbonyl (C=O) groups is 1. The minimum Gasteiger partial charge on any atom is -0.506 e. The molecule has 3 aromatic rings. The van der Waals surface area contributed by atoms with Crippen LogP contribution in [0.2, 0.25) is 0 Å². The number of nitrogens with one attached hydrogen (secondary N) is 1. The fourth-order valence-electron chi connectivity index (χ4n) is 5.28. The zero-order chi connectivity index (χ0) is 31.9. The van der Waals surface area contributed by atoms with E-state index in [1.807, 2.05) is 70.2 Å². The highest BCUT2D eigenvalue weighted by atomic mass is 32.2. The first-order valence-corrected chi connectivity index (χ1v) is 17.2. The van der Waals surface area contributed by atoms with E-state index in [4.69, 9.17) is 0 Å². The zero-order valence-corrected chi connectivity index (χ0v) is 28.0. The molecule has 0 spiro atoms. The van der Waals surface area contributed by atoms with Crippen LogP contribution in [0.5, 0.6) is 5.75 Å². The predicted octanol–water partition coefficient (Wildman–Crippen LogP) is 9.27. The number of phenols is 1. The molecular weight excluding hydrogens is 556 g/mol. The minimum absolute atomic E-state index is 0.0229. The van der Waals surface area contributed by atoms with Crippen molar-refractivity contribution >= 4 is 21.6 Å². The van der Waals surface area contributed by atoms with Crippen LogP contribution in [-0.2, 0) is 10.0 Å². The van der Waals surface area contributed by atoms with Crippen LogP contribution >= 0.6 is 0 Å². The number of benzene rings is 3. The largest absolute Gasteiger partial charge is 0.506 e. The molecular formula is C36H50N2O4S. The van der Waals surface area contributed by atoms with Crippen molar-refractivity contribution in [3.63, 3.8) is 0 Å². The molecule has 0 aliphatic carbocycles. The van der Waals surface area contributed by atoms with E-state index >= 15 is 0 Å². The highest BCUT2D eigenvalue weighted by molar-refractivity contribution is 7.92. The normalized spacial score (nSPS) is 11.9. The molecule has 0 heterocycles. The molecule has 43 heavy (non-hydrogen) atoms. The highest BCUT2D eigenvalue weighted by Gasteiger charge is 2.29. The number of phenolic OH excluding ortho intramolecular Hbond substituents is 1. The summed E-state index contributed by atoms with van der Waals surface area (Å²) in [4.78, 5) is 16.0. The molecule has 3 rings (SSSR count). The van der Waals surface area contributed by atoms with E-state index in [0.717, 1.165) is 42.4 Å². The number of hydrogen-bond acceptors (Lipinski definition) is 4. The quantitative estimate of drug-likeness (QED) is 0.179. The average Bonchev–Trinajstić information content (AvgIpc) is 2.97. The van der Waals surface area contributed by atoms with Crippen molar-refractivity contribution < 1.29 is 18.3 Å². The van der Waals surface area contributed by atoms with E-state index in [0.29, 0.717) is 24.2 Å². The predicted molar refractivity (Wildman–Crippen MR) is 179 cm³/mol. The second-order valence-corrected chi connectivity index (χ2v) is 14.0. The van der Waals surface area contributed by atoms with E-state index in [-0.39, 0.29) is 45.6 Å². The molecule has 234 valence electrons. The van der Waals surface area contributed by atoms with Gasteiger partial charge >= 0.3 is 0 Å². The molecule has 0 aromatic heterocycles. The number of sulfonamides is 1. The molecule has 0 aliphatic rings. The van der Waals surface area contributed by atoms with E-state index < -0.39 is 10.0 Å². The molecule has 0 fully saturated rings. The van der Waals surface area contributed by atoms with Gasteiger partial charge in [-0.3, -0.25) is 9.52 Å². The van der Waals surface area contributed by atoms with Crippen molar-refractivity contribution in [2.24, 2.45) is 0 Å². The molecule has 0 saturated heterocycles. The first-order valence-electron chi connectivity index (χ1n) is 15.7. The first kappa shape index (κ1) is 34.2. The molecule has 1 amide bonds. The molecule has 0 bridgehead atoms. The fourth-order valence-corrected chi connectivity index (χ4v) is 7.02. The summed E-state index contributed by atoms with van der Waals surface area (Å²) in [5, 5.41) is 11.4. The number of unbranched alkanes of at least 4 members (excludes halogenated alkanes) is 2. The molecule has 0 unspecified atom stereocenters. The lowest BCUT2D eigenvalue weighted by Gasteiger charge is -2.25. The van der Waals surface area contributed by atoms with Crippen molar-refractivity contribution in [2.45, 2.75) is 104 Å². The number of hydrogen-bond donors (Lipinski definition) is 2. The lowest BCUT2D eigenvalue weighted by atomic mass is 9.89. The Balaban J connectivity index is 2.23. The summed E-state index contributed by atoms with van der Waals surface area (Å²) in [5.41, 5.74) is 4.07. The smallest absolute Gasteiger partial charge is 0.262 e. The molecule has 3 aromatic carbocycles. The molecule has 0 saturated carbocycles. The van der Waals surface area contributed by atoms with Gasteiger partial charge in [-0.25, -0.2) is 8.42 Å². The summed E-state index contributed by atoms with van der Waals surface area (Å²) >= 11 is 0. The third kappa shape index (κ3) is 8.20. The zero-order valence-electron chi connectivity index (χ0n) is 27.2. The molecule has 6 nitrogen and oxygen atoms in total. The molecule has 0 radical (unpaired) electrons. The van der Waals surface area contributed by atoms with Crippen molar-refractivity contribution in [3.05, 3.63) is 76.9 Å². The van der Waals surface area contributed by atoms with Crippen molar-refractivity contribution in [1.29, 1.82) is 0 Å². The van der Waals surface area contributed by atoms with Gasteiger partial charge in [-0.1, -0.05) is 111 Å². The summed E-state index contributed by atoms with van der Waals surface area (Å²) in [6, 6.07) is 16.4. The Morgan fingerprint density at radius 3 is 1.81 bits per heavy atom. The molecule has 7 heteroatoms. The minimum atomic E-state index is -4.07. The van der Waals surface area contributed by atoms with Crippen LogP contribution in [0.25, 0.3) is 11.1 Å². The first-order chi connectivity index (χ1) is 20.3. The summed E-state index contributed by atoms with van der Waals surface area (Å²) < 4.78 is 31.4. The second-order valence-electron chi connectivity index (χ2n) is 12.4. The van der Waals surface area contributed by atoms with Gasteiger partial charge in [0.1, 0.15) is 5.75 Å². The van der Waals surface area contributed by atoms with Crippen molar-refractivity contribution in [3.8, 4) is 16.9 Å². The lowest BCUT2D eigenvalue weighted by Crippen LogP contribution is -2.33. The van der Waals surface area contributed by atoms with Gasteiger partial charge in [-0.2, -0.15) is 0 Å². The van der Waals surface area contributed by atoms with Crippen LogP contribution in [0, 0.1) is 0 Å².